The van der Waals surface area contributed by atoms with E-state index >= 15 is 0 Å². The molecule has 3 rings (SSSR count). The zero-order chi connectivity index (χ0) is 10.4. The molecule has 0 spiro atoms. The Morgan fingerprint density at radius 2 is 1.69 bits per heavy atom. The summed E-state index contributed by atoms with van der Waals surface area (Å²) in [6.07, 6.45) is 7.55. The Kier molecular flexibility index (Phi) is 3.54. The summed E-state index contributed by atoms with van der Waals surface area (Å²) in [5, 5.41) is 0. The summed E-state index contributed by atoms with van der Waals surface area (Å²) in [6.45, 7) is 4.60. The number of hydrogen-bond acceptors (Lipinski definition) is 0. The summed E-state index contributed by atoms with van der Waals surface area (Å²) in [6, 6.07) is 4.93. The molecule has 0 unspecified atom stereocenters. The zero-order valence-electron chi connectivity index (χ0n) is 10.1. The van der Waals surface area contributed by atoms with E-state index in [1.807, 2.05) is 0 Å². The summed E-state index contributed by atoms with van der Waals surface area (Å²) in [7, 11) is 0. The van der Waals surface area contributed by atoms with Gasteiger partial charge in [0, 0.05) is 26.2 Å². The second-order valence-corrected chi connectivity index (χ2v) is 5.15. The van der Waals surface area contributed by atoms with Gasteiger partial charge in [-0.2, -0.15) is 0 Å². The number of benzene rings is 1. The van der Waals surface area contributed by atoms with Crippen molar-refractivity contribution in [2.45, 2.75) is 39.5 Å². The van der Waals surface area contributed by atoms with Crippen LogP contribution in [0.5, 0.6) is 0 Å². The van der Waals surface area contributed by atoms with Gasteiger partial charge in [-0.05, 0) is 59.4 Å². The number of aryl methyl sites for hydroxylation is 2. The van der Waals surface area contributed by atoms with Gasteiger partial charge >= 0.3 is 0 Å². The summed E-state index contributed by atoms with van der Waals surface area (Å²) < 4.78 is 0. The molecular formula is C15H18Zr. The maximum Gasteiger partial charge on any atom is 0 e. The number of allylic oxidation sites excluding steroid dienone is 2. The molecule has 1 heteroatoms. The van der Waals surface area contributed by atoms with Crippen LogP contribution in [0.15, 0.2) is 18.2 Å². The van der Waals surface area contributed by atoms with Crippen LogP contribution in [0.3, 0.4) is 0 Å². The van der Waals surface area contributed by atoms with E-state index in [0.29, 0.717) is 5.92 Å². The van der Waals surface area contributed by atoms with Crippen LogP contribution in [0.25, 0.3) is 5.57 Å². The van der Waals surface area contributed by atoms with E-state index in [1.54, 1.807) is 27.8 Å². The van der Waals surface area contributed by atoms with Crippen molar-refractivity contribution >= 4 is 5.57 Å². The van der Waals surface area contributed by atoms with E-state index in [9.17, 15) is 0 Å². The molecule has 0 saturated carbocycles. The van der Waals surface area contributed by atoms with Crippen molar-refractivity contribution in [2.24, 2.45) is 5.92 Å². The Hall–Kier alpha value is -0.157. The first-order valence-corrected chi connectivity index (χ1v) is 6.11. The molecule has 0 radical (unpaired) electrons. The first-order valence-electron chi connectivity index (χ1n) is 6.11. The SMILES string of the molecule is CC(C)C1=CCc2cc3c(cc21)CCC3.[Zr]. The zero-order valence-corrected chi connectivity index (χ0v) is 12.6. The summed E-state index contributed by atoms with van der Waals surface area (Å²) in [4.78, 5) is 0. The molecule has 2 aliphatic rings. The molecule has 1 aromatic carbocycles. The summed E-state index contributed by atoms with van der Waals surface area (Å²) in [5.74, 6) is 0.672. The van der Waals surface area contributed by atoms with Crippen LogP contribution in [0, 0.1) is 5.92 Å². The van der Waals surface area contributed by atoms with Gasteiger partial charge in [0.1, 0.15) is 0 Å². The predicted molar refractivity (Wildman–Crippen MR) is 65.0 cm³/mol. The Balaban J connectivity index is 0.000000963. The third-order valence-corrected chi connectivity index (χ3v) is 3.79. The molecule has 0 fully saturated rings. The van der Waals surface area contributed by atoms with Crippen LogP contribution in [0.4, 0.5) is 0 Å². The van der Waals surface area contributed by atoms with E-state index in [0.717, 1.165) is 6.42 Å². The fraction of sp³-hybridized carbons (Fsp3) is 0.467. The van der Waals surface area contributed by atoms with E-state index in [2.05, 4.69) is 32.1 Å². The Morgan fingerprint density at radius 3 is 2.38 bits per heavy atom. The van der Waals surface area contributed by atoms with Gasteiger partial charge < -0.3 is 0 Å². The Morgan fingerprint density at radius 1 is 1.00 bits per heavy atom. The van der Waals surface area contributed by atoms with Crippen molar-refractivity contribution in [3.63, 3.8) is 0 Å². The van der Waals surface area contributed by atoms with Crippen molar-refractivity contribution < 1.29 is 26.2 Å². The average Bonchev–Trinajstić information content (AvgIpc) is 2.77. The number of hydrogen-bond donors (Lipinski definition) is 0. The van der Waals surface area contributed by atoms with Gasteiger partial charge in [-0.15, -0.1) is 0 Å². The molecule has 1 aromatic rings. The Bertz CT molecular complexity index is 441. The fourth-order valence-electron chi connectivity index (χ4n) is 2.99. The molecule has 0 aromatic heterocycles. The van der Waals surface area contributed by atoms with Gasteiger partial charge in [0.2, 0.25) is 0 Å². The van der Waals surface area contributed by atoms with Crippen molar-refractivity contribution in [3.8, 4) is 0 Å². The van der Waals surface area contributed by atoms with E-state index in [4.69, 9.17) is 0 Å². The minimum atomic E-state index is 0. The maximum absolute atomic E-state index is 2.47. The van der Waals surface area contributed by atoms with Crippen LogP contribution in [-0.2, 0) is 45.5 Å². The topological polar surface area (TPSA) is 0 Å². The van der Waals surface area contributed by atoms with E-state index < -0.39 is 0 Å². The molecular weight excluding hydrogens is 271 g/mol. The fourth-order valence-corrected chi connectivity index (χ4v) is 2.99. The second kappa shape index (κ2) is 4.61. The normalized spacial score (nSPS) is 16.8. The van der Waals surface area contributed by atoms with Crippen LogP contribution in [-0.4, -0.2) is 0 Å². The molecule has 2 aliphatic carbocycles. The third kappa shape index (κ3) is 1.88. The van der Waals surface area contributed by atoms with Gasteiger partial charge in [-0.25, -0.2) is 0 Å². The summed E-state index contributed by atoms with van der Waals surface area (Å²) >= 11 is 0. The third-order valence-electron chi connectivity index (χ3n) is 3.79. The molecule has 0 saturated heterocycles. The second-order valence-electron chi connectivity index (χ2n) is 5.15. The van der Waals surface area contributed by atoms with Gasteiger partial charge in [-0.3, -0.25) is 0 Å². The predicted octanol–water partition coefficient (Wildman–Crippen LogP) is 3.77. The van der Waals surface area contributed by atoms with Gasteiger partial charge in [0.05, 0.1) is 0 Å². The first kappa shape index (κ1) is 12.3. The first-order chi connectivity index (χ1) is 7.25. The van der Waals surface area contributed by atoms with Crippen LogP contribution in [0.2, 0.25) is 0 Å². The molecule has 0 bridgehead atoms. The van der Waals surface area contributed by atoms with Crippen molar-refractivity contribution in [1.29, 1.82) is 0 Å². The largest absolute Gasteiger partial charge is 0.0760 e. The number of rotatable bonds is 1. The van der Waals surface area contributed by atoms with Gasteiger partial charge in [0.25, 0.3) is 0 Å². The quantitative estimate of drug-likeness (QED) is 0.738. The molecule has 0 nitrogen and oxygen atoms in total. The summed E-state index contributed by atoms with van der Waals surface area (Å²) in [5.41, 5.74) is 7.92. The molecule has 16 heavy (non-hydrogen) atoms. The molecule has 0 N–H and O–H groups in total. The smallest absolute Gasteiger partial charge is 0 e. The average molecular weight is 290 g/mol. The number of fused-ring (bicyclic) bond motifs is 2. The molecule has 0 amide bonds. The molecule has 0 atom stereocenters. The maximum atomic E-state index is 2.47. The van der Waals surface area contributed by atoms with Crippen molar-refractivity contribution in [2.75, 3.05) is 0 Å². The monoisotopic (exact) mass is 288 g/mol. The standard InChI is InChI=1S/C15H18.Zr/c1-10(2)14-7-6-13-8-11-4-3-5-12(11)9-15(13)14;/h7-10H,3-6H2,1-2H3;. The van der Waals surface area contributed by atoms with E-state index in [-0.39, 0.29) is 26.2 Å². The van der Waals surface area contributed by atoms with Crippen LogP contribution < -0.4 is 0 Å². The van der Waals surface area contributed by atoms with Crippen molar-refractivity contribution in [3.05, 3.63) is 40.5 Å². The minimum absolute atomic E-state index is 0. The minimum Gasteiger partial charge on any atom is -0.0760 e. The van der Waals surface area contributed by atoms with Crippen LogP contribution >= 0.6 is 0 Å². The molecule has 82 valence electrons. The van der Waals surface area contributed by atoms with Gasteiger partial charge in [0.15, 0.2) is 0 Å². The van der Waals surface area contributed by atoms with E-state index in [1.165, 1.54) is 19.3 Å². The molecule has 0 heterocycles. The van der Waals surface area contributed by atoms with Crippen LogP contribution in [0.1, 0.15) is 42.5 Å². The molecule has 0 aliphatic heterocycles. The van der Waals surface area contributed by atoms with Crippen molar-refractivity contribution in [1.82, 2.24) is 0 Å². The van der Waals surface area contributed by atoms with Gasteiger partial charge in [-0.1, -0.05) is 32.1 Å². The Labute approximate surface area is 117 Å².